The van der Waals surface area contributed by atoms with Gasteiger partial charge in [0.05, 0.1) is 27.5 Å². The van der Waals surface area contributed by atoms with Crippen molar-refractivity contribution in [3.05, 3.63) is 93.1 Å². The van der Waals surface area contributed by atoms with E-state index in [0.717, 1.165) is 11.3 Å². The zero-order chi connectivity index (χ0) is 26.5. The molecule has 0 spiro atoms. The number of para-hydroxylation sites is 1. The largest absolute Gasteiger partial charge is 0.416 e. The average molecular weight is 545 g/mol. The second-order valence-electron chi connectivity index (χ2n) is 8.68. The minimum absolute atomic E-state index is 0.109. The first kappa shape index (κ1) is 26.2. The van der Waals surface area contributed by atoms with Gasteiger partial charge in [0.15, 0.2) is 0 Å². The molecule has 0 radical (unpaired) electrons. The highest BCUT2D eigenvalue weighted by atomic mass is 35.5. The van der Waals surface area contributed by atoms with Gasteiger partial charge in [0.1, 0.15) is 5.60 Å². The van der Waals surface area contributed by atoms with Crippen molar-refractivity contribution in [1.82, 2.24) is 9.78 Å². The van der Waals surface area contributed by atoms with Crippen LogP contribution in [-0.2, 0) is 24.4 Å². The molecule has 2 aromatic carbocycles. The number of aromatic nitrogens is 2. The maximum absolute atomic E-state index is 13.3. The Kier molecular flexibility index (Phi) is 6.74. The summed E-state index contributed by atoms with van der Waals surface area (Å²) >= 11 is 7.41. The van der Waals surface area contributed by atoms with Crippen molar-refractivity contribution in [2.75, 3.05) is 0 Å². The number of benzene rings is 2. The summed E-state index contributed by atoms with van der Waals surface area (Å²) in [4.78, 5) is 0.930. The number of nitrogens with zero attached hydrogens (tertiary/aromatic N) is 2. The Balaban J connectivity index is 1.74. The van der Waals surface area contributed by atoms with Crippen LogP contribution in [-0.4, -0.2) is 14.9 Å². The van der Waals surface area contributed by atoms with Crippen LogP contribution in [0.3, 0.4) is 0 Å². The van der Waals surface area contributed by atoms with Gasteiger partial charge in [0.25, 0.3) is 0 Å². The highest BCUT2D eigenvalue weighted by molar-refractivity contribution is 7.15. The van der Waals surface area contributed by atoms with E-state index in [9.17, 15) is 31.4 Å². The van der Waals surface area contributed by atoms with Crippen molar-refractivity contribution in [3.63, 3.8) is 0 Å². The Bertz CT molecular complexity index is 1370. The van der Waals surface area contributed by atoms with Crippen molar-refractivity contribution >= 4 is 22.9 Å². The molecule has 36 heavy (non-hydrogen) atoms. The van der Waals surface area contributed by atoms with Crippen LogP contribution in [0.1, 0.15) is 41.2 Å². The molecule has 11 heteroatoms. The number of halogens is 7. The Labute approximate surface area is 211 Å². The Morgan fingerprint density at radius 1 is 0.889 bits per heavy atom. The van der Waals surface area contributed by atoms with Crippen LogP contribution >= 0.6 is 22.9 Å². The quantitative estimate of drug-likeness (QED) is 0.258. The predicted molar refractivity (Wildman–Crippen MR) is 126 cm³/mol. The van der Waals surface area contributed by atoms with Gasteiger partial charge < -0.3 is 5.11 Å². The molecule has 2 aromatic heterocycles. The first-order chi connectivity index (χ1) is 16.6. The summed E-state index contributed by atoms with van der Waals surface area (Å²) in [6.45, 7) is 3.15. The van der Waals surface area contributed by atoms with E-state index in [1.54, 1.807) is 54.9 Å². The summed E-state index contributed by atoms with van der Waals surface area (Å²) in [5.41, 5.74) is -2.59. The topological polar surface area (TPSA) is 38.0 Å². The monoisotopic (exact) mass is 544 g/mol. The van der Waals surface area contributed by atoms with E-state index in [1.165, 1.54) is 6.07 Å². The van der Waals surface area contributed by atoms with Gasteiger partial charge in [-0.25, -0.2) is 4.68 Å². The Hall–Kier alpha value is -2.82. The summed E-state index contributed by atoms with van der Waals surface area (Å²) in [7, 11) is 0. The second-order valence-corrected chi connectivity index (χ2v) is 10.3. The third-order valence-corrected chi connectivity index (χ3v) is 6.83. The predicted octanol–water partition coefficient (Wildman–Crippen LogP) is 8.11. The molecule has 190 valence electrons. The molecule has 0 aliphatic carbocycles. The van der Waals surface area contributed by atoms with Crippen molar-refractivity contribution < 1.29 is 31.4 Å². The molecule has 4 rings (SSSR count). The maximum atomic E-state index is 13.3. The van der Waals surface area contributed by atoms with Gasteiger partial charge in [-0.1, -0.05) is 23.7 Å². The average Bonchev–Trinajstić information content (AvgIpc) is 3.40. The SMILES string of the molecule is CC(C)(O)c1cc(Cc2ccc(-c3cc(C(F)(F)F)cc(C(F)(F)F)c3)s2)n(-c2ccccc2Cl)n1. The normalized spacial score (nSPS) is 12.8. The van der Waals surface area contributed by atoms with E-state index in [0.29, 0.717) is 39.1 Å². The van der Waals surface area contributed by atoms with Gasteiger partial charge >= 0.3 is 12.4 Å². The standard InChI is InChI=1S/C25H19ClF6N2OS/c1-23(2,35)22-13-17(34(33-22)20-6-4-3-5-19(20)26)12-18-7-8-21(36-18)14-9-15(24(27,28)29)11-16(10-14)25(30,31)32/h3-11,13,35H,12H2,1-2H3. The fraction of sp³-hybridized carbons (Fsp3) is 0.240. The van der Waals surface area contributed by atoms with Crippen LogP contribution in [0, 0.1) is 0 Å². The van der Waals surface area contributed by atoms with Gasteiger partial charge in [-0.05, 0) is 67.9 Å². The molecule has 0 amide bonds. The van der Waals surface area contributed by atoms with Gasteiger partial charge in [0.2, 0.25) is 0 Å². The van der Waals surface area contributed by atoms with E-state index >= 15 is 0 Å². The molecule has 0 fully saturated rings. The summed E-state index contributed by atoms with van der Waals surface area (Å²) in [5, 5.41) is 15.4. The molecule has 0 aliphatic heterocycles. The number of hydrogen-bond donors (Lipinski definition) is 1. The lowest BCUT2D eigenvalue weighted by Gasteiger charge is -2.13. The third-order valence-electron chi connectivity index (χ3n) is 5.38. The molecule has 0 aliphatic rings. The molecule has 1 N–H and O–H groups in total. The zero-order valence-electron chi connectivity index (χ0n) is 18.9. The molecule has 3 nitrogen and oxygen atoms in total. The van der Waals surface area contributed by atoms with Gasteiger partial charge in [-0.15, -0.1) is 11.3 Å². The summed E-state index contributed by atoms with van der Waals surface area (Å²) in [5.74, 6) is 0. The van der Waals surface area contributed by atoms with Crippen molar-refractivity contribution in [3.8, 4) is 16.1 Å². The van der Waals surface area contributed by atoms with Gasteiger partial charge in [-0.2, -0.15) is 31.4 Å². The van der Waals surface area contributed by atoms with Gasteiger partial charge in [-0.3, -0.25) is 0 Å². The van der Waals surface area contributed by atoms with Crippen LogP contribution < -0.4 is 0 Å². The summed E-state index contributed by atoms with van der Waals surface area (Å²) in [6, 6.07) is 13.3. The molecule has 0 saturated carbocycles. The zero-order valence-corrected chi connectivity index (χ0v) is 20.4. The van der Waals surface area contributed by atoms with Crippen molar-refractivity contribution in [2.45, 2.75) is 38.2 Å². The molecule has 4 aromatic rings. The van der Waals surface area contributed by atoms with Crippen LogP contribution in [0.25, 0.3) is 16.1 Å². The number of aliphatic hydroxyl groups is 1. The third kappa shape index (κ3) is 5.61. The van der Waals surface area contributed by atoms with E-state index in [-0.39, 0.29) is 22.9 Å². The second kappa shape index (κ2) is 9.24. The number of alkyl halides is 6. The molecule has 0 bridgehead atoms. The molecular weight excluding hydrogens is 526 g/mol. The fourth-order valence-electron chi connectivity index (χ4n) is 3.58. The Morgan fingerprint density at radius 2 is 1.50 bits per heavy atom. The van der Waals surface area contributed by atoms with Crippen LogP contribution in [0.5, 0.6) is 0 Å². The van der Waals surface area contributed by atoms with E-state index in [4.69, 9.17) is 11.6 Å². The van der Waals surface area contributed by atoms with Crippen LogP contribution in [0.4, 0.5) is 26.3 Å². The number of hydrogen-bond acceptors (Lipinski definition) is 3. The van der Waals surface area contributed by atoms with E-state index in [1.807, 2.05) is 0 Å². The molecule has 0 unspecified atom stereocenters. The highest BCUT2D eigenvalue weighted by Gasteiger charge is 2.37. The smallest absolute Gasteiger partial charge is 0.384 e. The first-order valence-electron chi connectivity index (χ1n) is 10.6. The maximum Gasteiger partial charge on any atom is 0.416 e. The van der Waals surface area contributed by atoms with E-state index < -0.39 is 29.1 Å². The van der Waals surface area contributed by atoms with E-state index in [2.05, 4.69) is 5.10 Å². The molecule has 0 saturated heterocycles. The lowest BCUT2D eigenvalue weighted by atomic mass is 10.0. The summed E-state index contributed by atoms with van der Waals surface area (Å²) in [6.07, 6.45) is -9.60. The highest BCUT2D eigenvalue weighted by Crippen LogP contribution is 2.40. The fourth-order valence-corrected chi connectivity index (χ4v) is 4.81. The van der Waals surface area contributed by atoms with Crippen molar-refractivity contribution in [2.24, 2.45) is 0 Å². The molecular formula is C25H19ClF6N2OS. The minimum Gasteiger partial charge on any atom is -0.384 e. The minimum atomic E-state index is -4.93. The Morgan fingerprint density at radius 3 is 2.06 bits per heavy atom. The summed E-state index contributed by atoms with van der Waals surface area (Å²) < 4.78 is 81.2. The lowest BCUT2D eigenvalue weighted by molar-refractivity contribution is -0.143. The van der Waals surface area contributed by atoms with Crippen LogP contribution in [0.15, 0.2) is 60.7 Å². The molecule has 2 heterocycles. The van der Waals surface area contributed by atoms with Crippen LogP contribution in [0.2, 0.25) is 5.02 Å². The van der Waals surface area contributed by atoms with Crippen molar-refractivity contribution in [1.29, 1.82) is 0 Å². The van der Waals surface area contributed by atoms with Gasteiger partial charge in [0, 0.05) is 21.9 Å². The number of rotatable bonds is 5. The number of thiophene rings is 1. The first-order valence-corrected chi connectivity index (χ1v) is 11.8. The molecule has 0 atom stereocenters. The lowest BCUT2D eigenvalue weighted by Crippen LogP contribution is -2.16.